The molecule has 0 N–H and O–H groups in total. The Balaban J connectivity index is 1.89. The lowest BCUT2D eigenvalue weighted by Crippen LogP contribution is -2.46. The van der Waals surface area contributed by atoms with Gasteiger partial charge in [0, 0.05) is 13.1 Å². The van der Waals surface area contributed by atoms with Gasteiger partial charge in [0.15, 0.2) is 0 Å². The van der Waals surface area contributed by atoms with Crippen LogP contribution < -0.4 is 0 Å². The van der Waals surface area contributed by atoms with Crippen LogP contribution in [-0.2, 0) is 14.3 Å². The van der Waals surface area contributed by atoms with Gasteiger partial charge in [-0.3, -0.25) is 4.79 Å². The summed E-state index contributed by atoms with van der Waals surface area (Å²) in [5.74, 6) is -1.21. The summed E-state index contributed by atoms with van der Waals surface area (Å²) in [4.78, 5) is 24.5. The van der Waals surface area contributed by atoms with Crippen molar-refractivity contribution in [3.05, 3.63) is 0 Å². The highest BCUT2D eigenvalue weighted by atomic mass is 16.5. The fraction of sp³-hybridized carbons (Fsp3) is 0.846. The summed E-state index contributed by atoms with van der Waals surface area (Å²) in [5, 5.41) is 0. The lowest BCUT2D eigenvalue weighted by Gasteiger charge is -2.44. The van der Waals surface area contributed by atoms with Crippen molar-refractivity contribution in [2.75, 3.05) is 20.2 Å². The zero-order valence-electron chi connectivity index (χ0n) is 10.5. The number of carbonyl (C=O) groups is 2. The van der Waals surface area contributed by atoms with Gasteiger partial charge in [0.05, 0.1) is 7.11 Å². The lowest BCUT2D eigenvalue weighted by atomic mass is 9.68. The molecule has 0 unspecified atom stereocenters. The van der Waals surface area contributed by atoms with Crippen molar-refractivity contribution in [1.29, 1.82) is 0 Å². The molecule has 0 atom stereocenters. The number of methoxy groups -OCH3 is 1. The SMILES string of the molecule is COC(=O)C(=O)N1CCC2(CCCCC2)CC1. The number of hydrogen-bond acceptors (Lipinski definition) is 3. The fourth-order valence-corrected chi connectivity index (χ4v) is 3.20. The first kappa shape index (κ1) is 12.4. The van der Waals surface area contributed by atoms with Crippen LogP contribution in [0.3, 0.4) is 0 Å². The molecule has 0 aromatic heterocycles. The minimum atomic E-state index is -0.732. The van der Waals surface area contributed by atoms with Crippen molar-refractivity contribution < 1.29 is 14.3 Å². The number of amides is 1. The predicted octanol–water partition coefficient (Wildman–Crippen LogP) is 1.73. The maximum atomic E-state index is 11.7. The molecule has 0 aromatic rings. The highest BCUT2D eigenvalue weighted by Gasteiger charge is 2.37. The van der Waals surface area contributed by atoms with Crippen molar-refractivity contribution >= 4 is 11.9 Å². The third-order valence-electron chi connectivity index (χ3n) is 4.39. The Hall–Kier alpha value is -1.06. The largest absolute Gasteiger partial charge is 0.462 e. The second-order valence-corrected chi connectivity index (χ2v) is 5.34. The molecule has 1 saturated heterocycles. The predicted molar refractivity (Wildman–Crippen MR) is 63.3 cm³/mol. The Morgan fingerprint density at radius 1 is 1.00 bits per heavy atom. The van der Waals surface area contributed by atoms with E-state index in [9.17, 15) is 9.59 Å². The van der Waals surface area contributed by atoms with Gasteiger partial charge in [-0.1, -0.05) is 19.3 Å². The average molecular weight is 239 g/mol. The van der Waals surface area contributed by atoms with Gasteiger partial charge in [-0.05, 0) is 31.1 Å². The summed E-state index contributed by atoms with van der Waals surface area (Å²) in [5.41, 5.74) is 0.463. The van der Waals surface area contributed by atoms with E-state index in [4.69, 9.17) is 0 Å². The molecule has 0 aromatic carbocycles. The zero-order valence-corrected chi connectivity index (χ0v) is 10.5. The third kappa shape index (κ3) is 2.61. The number of ether oxygens (including phenoxy) is 1. The first-order valence-electron chi connectivity index (χ1n) is 6.54. The van der Waals surface area contributed by atoms with Gasteiger partial charge in [-0.2, -0.15) is 0 Å². The van der Waals surface area contributed by atoms with E-state index >= 15 is 0 Å². The molecule has 1 amide bonds. The molecule has 4 nitrogen and oxygen atoms in total. The molecular formula is C13H21NO3. The van der Waals surface area contributed by atoms with Gasteiger partial charge in [0.25, 0.3) is 0 Å². The van der Waals surface area contributed by atoms with E-state index < -0.39 is 11.9 Å². The maximum absolute atomic E-state index is 11.7. The van der Waals surface area contributed by atoms with Crippen molar-refractivity contribution in [3.63, 3.8) is 0 Å². The number of piperidine rings is 1. The van der Waals surface area contributed by atoms with E-state index in [-0.39, 0.29) is 0 Å². The van der Waals surface area contributed by atoms with E-state index in [1.807, 2.05) is 0 Å². The van der Waals surface area contributed by atoms with Gasteiger partial charge in [0.2, 0.25) is 0 Å². The van der Waals surface area contributed by atoms with Crippen LogP contribution in [0.25, 0.3) is 0 Å². The zero-order chi connectivity index (χ0) is 12.3. The summed E-state index contributed by atoms with van der Waals surface area (Å²) in [6.07, 6.45) is 8.70. The Morgan fingerprint density at radius 2 is 1.59 bits per heavy atom. The molecule has 2 aliphatic rings. The molecule has 1 saturated carbocycles. The Morgan fingerprint density at radius 3 is 2.12 bits per heavy atom. The molecule has 1 aliphatic heterocycles. The van der Waals surface area contributed by atoms with E-state index in [0.717, 1.165) is 12.8 Å². The highest BCUT2D eigenvalue weighted by molar-refractivity contribution is 6.32. The molecule has 1 aliphatic carbocycles. The van der Waals surface area contributed by atoms with Gasteiger partial charge in [-0.25, -0.2) is 4.79 Å². The van der Waals surface area contributed by atoms with Crippen LogP contribution >= 0.6 is 0 Å². The monoisotopic (exact) mass is 239 g/mol. The lowest BCUT2D eigenvalue weighted by molar-refractivity contribution is -0.159. The van der Waals surface area contributed by atoms with Crippen LogP contribution in [0.5, 0.6) is 0 Å². The van der Waals surface area contributed by atoms with E-state index in [0.29, 0.717) is 18.5 Å². The van der Waals surface area contributed by atoms with Gasteiger partial charge < -0.3 is 9.64 Å². The number of esters is 1. The topological polar surface area (TPSA) is 46.6 Å². The molecular weight excluding hydrogens is 218 g/mol. The molecule has 0 radical (unpaired) electrons. The summed E-state index contributed by atoms with van der Waals surface area (Å²) >= 11 is 0. The van der Waals surface area contributed by atoms with Crippen molar-refractivity contribution in [2.45, 2.75) is 44.9 Å². The normalized spacial score (nSPS) is 23.5. The van der Waals surface area contributed by atoms with E-state index in [2.05, 4.69) is 4.74 Å². The fourth-order valence-electron chi connectivity index (χ4n) is 3.20. The molecule has 2 fully saturated rings. The molecule has 17 heavy (non-hydrogen) atoms. The molecule has 0 bridgehead atoms. The number of carbonyl (C=O) groups excluding carboxylic acids is 2. The van der Waals surface area contributed by atoms with Crippen molar-refractivity contribution in [2.24, 2.45) is 5.41 Å². The quantitative estimate of drug-likeness (QED) is 0.478. The van der Waals surface area contributed by atoms with Crippen LogP contribution in [0.1, 0.15) is 44.9 Å². The van der Waals surface area contributed by atoms with E-state index in [1.165, 1.54) is 39.2 Å². The van der Waals surface area contributed by atoms with Crippen LogP contribution in [0.2, 0.25) is 0 Å². The summed E-state index contributed by atoms with van der Waals surface area (Å²) in [6, 6.07) is 0. The average Bonchev–Trinajstić information content (AvgIpc) is 2.39. The van der Waals surface area contributed by atoms with Crippen LogP contribution in [-0.4, -0.2) is 37.0 Å². The van der Waals surface area contributed by atoms with Crippen LogP contribution in [0, 0.1) is 5.41 Å². The van der Waals surface area contributed by atoms with Gasteiger partial charge in [-0.15, -0.1) is 0 Å². The molecule has 2 rings (SSSR count). The van der Waals surface area contributed by atoms with Crippen molar-refractivity contribution in [3.8, 4) is 0 Å². The Labute approximate surface area is 102 Å². The number of likely N-dealkylation sites (tertiary alicyclic amines) is 1. The van der Waals surface area contributed by atoms with Crippen LogP contribution in [0.15, 0.2) is 0 Å². The highest BCUT2D eigenvalue weighted by Crippen LogP contribution is 2.44. The third-order valence-corrected chi connectivity index (χ3v) is 4.39. The smallest absolute Gasteiger partial charge is 0.396 e. The first-order valence-corrected chi connectivity index (χ1v) is 6.54. The molecule has 4 heteroatoms. The Kier molecular flexibility index (Phi) is 3.69. The molecule has 1 spiro atoms. The number of nitrogens with zero attached hydrogens (tertiary/aromatic N) is 1. The van der Waals surface area contributed by atoms with Crippen LogP contribution in [0.4, 0.5) is 0 Å². The summed E-state index contributed by atoms with van der Waals surface area (Å²) < 4.78 is 4.47. The van der Waals surface area contributed by atoms with Gasteiger partial charge in [0.1, 0.15) is 0 Å². The maximum Gasteiger partial charge on any atom is 0.396 e. The second-order valence-electron chi connectivity index (χ2n) is 5.34. The van der Waals surface area contributed by atoms with Gasteiger partial charge >= 0.3 is 11.9 Å². The minimum Gasteiger partial charge on any atom is -0.462 e. The second kappa shape index (κ2) is 5.07. The molecule has 96 valence electrons. The summed E-state index contributed by atoms with van der Waals surface area (Å²) in [7, 11) is 1.26. The van der Waals surface area contributed by atoms with E-state index in [1.54, 1.807) is 4.90 Å². The molecule has 1 heterocycles. The number of hydrogen-bond donors (Lipinski definition) is 0. The first-order chi connectivity index (χ1) is 8.17. The summed E-state index contributed by atoms with van der Waals surface area (Å²) in [6.45, 7) is 1.43. The van der Waals surface area contributed by atoms with Crippen molar-refractivity contribution in [1.82, 2.24) is 4.90 Å². The number of rotatable bonds is 0. The standard InChI is InChI=1S/C13H21NO3/c1-17-12(16)11(15)14-9-7-13(8-10-14)5-3-2-4-6-13/h2-10H2,1H3. The minimum absolute atomic E-state index is 0.463. The Bertz CT molecular complexity index is 298.